The number of aryl methyl sites for hydroxylation is 3. The molecule has 0 radical (unpaired) electrons. The van der Waals surface area contributed by atoms with Gasteiger partial charge in [-0.3, -0.25) is 9.67 Å². The van der Waals surface area contributed by atoms with Crippen molar-refractivity contribution in [3.05, 3.63) is 38.3 Å². The zero-order chi connectivity index (χ0) is 13.3. The van der Waals surface area contributed by atoms with Crippen molar-refractivity contribution in [3.63, 3.8) is 0 Å². The summed E-state index contributed by atoms with van der Waals surface area (Å²) in [6.07, 6.45) is 1.97. The molecule has 0 saturated heterocycles. The zero-order valence-electron chi connectivity index (χ0n) is 10.7. The second kappa shape index (κ2) is 5.36. The Labute approximate surface area is 120 Å². The first-order valence-electron chi connectivity index (χ1n) is 5.98. The molecular weight excluding hydrogens is 310 g/mol. The van der Waals surface area contributed by atoms with Crippen molar-refractivity contribution in [1.29, 1.82) is 0 Å². The van der Waals surface area contributed by atoms with E-state index in [1.54, 1.807) is 0 Å². The summed E-state index contributed by atoms with van der Waals surface area (Å²) in [5.74, 6) is 0.996. The fourth-order valence-electron chi connectivity index (χ4n) is 2.21. The first-order valence-corrected chi connectivity index (χ1v) is 7.18. The molecule has 0 aliphatic rings. The van der Waals surface area contributed by atoms with Gasteiger partial charge in [0.2, 0.25) is 0 Å². The Morgan fingerprint density at radius 3 is 2.50 bits per heavy atom. The summed E-state index contributed by atoms with van der Waals surface area (Å²) in [6.45, 7) is 6.33. The van der Waals surface area contributed by atoms with Crippen molar-refractivity contribution >= 4 is 28.1 Å². The summed E-state index contributed by atoms with van der Waals surface area (Å²) in [6, 6.07) is 4.21. The van der Waals surface area contributed by atoms with E-state index in [2.05, 4.69) is 63.6 Å². The molecule has 2 aromatic rings. The van der Waals surface area contributed by atoms with Gasteiger partial charge in [-0.05, 0) is 55.7 Å². The predicted molar refractivity (Wildman–Crippen MR) is 79.9 cm³/mol. The van der Waals surface area contributed by atoms with E-state index in [9.17, 15) is 0 Å². The Kier molecular flexibility index (Phi) is 4.02. The summed E-state index contributed by atoms with van der Waals surface area (Å²) < 4.78 is 3.80. The van der Waals surface area contributed by atoms with Crippen LogP contribution in [0.2, 0.25) is 0 Å². The molecule has 1 heterocycles. The normalized spacial score (nSPS) is 10.9. The summed E-state index contributed by atoms with van der Waals surface area (Å²) >= 11 is 8.87. The highest BCUT2D eigenvalue weighted by atomic mass is 79.9. The third-order valence-electron chi connectivity index (χ3n) is 2.89. The van der Waals surface area contributed by atoms with Gasteiger partial charge in [-0.1, -0.05) is 22.9 Å². The number of hydrogen-bond donors (Lipinski definition) is 1. The minimum Gasteiger partial charge on any atom is -0.272 e. The first kappa shape index (κ1) is 13.5. The molecule has 1 aromatic heterocycles. The van der Waals surface area contributed by atoms with Gasteiger partial charge >= 0.3 is 0 Å². The Balaban J connectivity index is 2.69. The Morgan fingerprint density at radius 1 is 1.33 bits per heavy atom. The third kappa shape index (κ3) is 2.42. The summed E-state index contributed by atoms with van der Waals surface area (Å²) in [4.78, 5) is 0. The average Bonchev–Trinajstić information content (AvgIpc) is 2.61. The highest BCUT2D eigenvalue weighted by molar-refractivity contribution is 9.10. The van der Waals surface area contributed by atoms with Crippen LogP contribution in [0.3, 0.4) is 0 Å². The molecule has 0 aliphatic heterocycles. The lowest BCUT2D eigenvalue weighted by atomic mass is 10.1. The number of hydrogen-bond acceptors (Lipinski definition) is 2. The quantitative estimate of drug-likeness (QED) is 0.855. The van der Waals surface area contributed by atoms with Crippen LogP contribution >= 0.6 is 28.1 Å². The number of nitrogens with one attached hydrogen (secondary N) is 1. The molecule has 2 rings (SSSR count). The molecule has 5 heteroatoms. The fraction of sp³-hybridized carbons (Fsp3) is 0.385. The molecule has 0 aliphatic carbocycles. The van der Waals surface area contributed by atoms with Crippen LogP contribution in [0, 0.1) is 18.6 Å². The maximum absolute atomic E-state index is 5.35. The minimum absolute atomic E-state index is 0.659. The van der Waals surface area contributed by atoms with Crippen molar-refractivity contribution in [1.82, 2.24) is 14.8 Å². The van der Waals surface area contributed by atoms with E-state index in [-0.39, 0.29) is 0 Å². The van der Waals surface area contributed by atoms with Crippen LogP contribution in [0.5, 0.6) is 0 Å². The van der Waals surface area contributed by atoms with Crippen LogP contribution < -0.4 is 0 Å². The number of H-pyrrole nitrogens is 1. The standard InChI is InChI=1S/C13H16BrN3S/c1-4-5-11-15-16-13(18)17(11)12-8(2)6-10(14)7-9(12)3/h6-7H,4-5H2,1-3H3,(H,16,18). The largest absolute Gasteiger partial charge is 0.272 e. The monoisotopic (exact) mass is 325 g/mol. The molecule has 0 spiro atoms. The summed E-state index contributed by atoms with van der Waals surface area (Å²) in [7, 11) is 0. The van der Waals surface area contributed by atoms with Gasteiger partial charge in [0.25, 0.3) is 0 Å². The van der Waals surface area contributed by atoms with Crippen molar-refractivity contribution in [3.8, 4) is 5.69 Å². The molecule has 1 aromatic carbocycles. The number of rotatable bonds is 3. The van der Waals surface area contributed by atoms with E-state index in [0.29, 0.717) is 4.77 Å². The molecule has 1 N–H and O–H groups in total. The molecule has 18 heavy (non-hydrogen) atoms. The van der Waals surface area contributed by atoms with Crippen LogP contribution in [-0.2, 0) is 6.42 Å². The van der Waals surface area contributed by atoms with Crippen molar-refractivity contribution in [2.75, 3.05) is 0 Å². The average molecular weight is 326 g/mol. The molecule has 0 fully saturated rings. The maximum atomic E-state index is 5.35. The number of halogens is 1. The molecule has 0 unspecified atom stereocenters. The van der Waals surface area contributed by atoms with E-state index >= 15 is 0 Å². The zero-order valence-corrected chi connectivity index (χ0v) is 13.2. The molecular formula is C13H16BrN3S. The molecule has 96 valence electrons. The number of aromatic nitrogens is 3. The van der Waals surface area contributed by atoms with Gasteiger partial charge in [-0.15, -0.1) is 0 Å². The number of benzene rings is 1. The molecule has 0 bridgehead atoms. The highest BCUT2D eigenvalue weighted by Crippen LogP contribution is 2.25. The Bertz CT molecular complexity index is 604. The SMILES string of the molecule is CCCc1n[nH]c(=S)n1-c1c(C)cc(Br)cc1C. The first-order chi connectivity index (χ1) is 8.54. The lowest BCUT2D eigenvalue weighted by Gasteiger charge is -2.13. The van der Waals surface area contributed by atoms with Crippen molar-refractivity contribution in [2.45, 2.75) is 33.6 Å². The van der Waals surface area contributed by atoms with E-state index in [1.165, 1.54) is 11.1 Å². The molecule has 0 saturated carbocycles. The number of aromatic amines is 1. The van der Waals surface area contributed by atoms with Crippen molar-refractivity contribution in [2.24, 2.45) is 0 Å². The summed E-state index contributed by atoms with van der Waals surface area (Å²) in [5.41, 5.74) is 3.52. The van der Waals surface area contributed by atoms with Crippen LogP contribution in [-0.4, -0.2) is 14.8 Å². The van der Waals surface area contributed by atoms with E-state index < -0.39 is 0 Å². The lowest BCUT2D eigenvalue weighted by molar-refractivity contribution is 0.797. The van der Waals surface area contributed by atoms with Gasteiger partial charge in [0.15, 0.2) is 4.77 Å². The number of nitrogens with zero attached hydrogens (tertiary/aromatic N) is 2. The van der Waals surface area contributed by atoms with Gasteiger partial charge in [0.05, 0.1) is 5.69 Å². The van der Waals surface area contributed by atoms with Gasteiger partial charge in [0, 0.05) is 10.9 Å². The van der Waals surface area contributed by atoms with E-state index in [4.69, 9.17) is 12.2 Å². The maximum Gasteiger partial charge on any atom is 0.199 e. The topological polar surface area (TPSA) is 33.6 Å². The van der Waals surface area contributed by atoms with Gasteiger partial charge < -0.3 is 0 Å². The van der Waals surface area contributed by atoms with Crippen molar-refractivity contribution < 1.29 is 0 Å². The van der Waals surface area contributed by atoms with Crippen LogP contribution in [0.25, 0.3) is 5.69 Å². The molecule has 0 atom stereocenters. The summed E-state index contributed by atoms with van der Waals surface area (Å²) in [5, 5.41) is 7.21. The molecule has 3 nitrogen and oxygen atoms in total. The smallest absolute Gasteiger partial charge is 0.199 e. The van der Waals surface area contributed by atoms with Crippen LogP contribution in [0.1, 0.15) is 30.3 Å². The minimum atomic E-state index is 0.659. The van der Waals surface area contributed by atoms with Gasteiger partial charge in [-0.2, -0.15) is 5.10 Å². The second-order valence-corrected chi connectivity index (χ2v) is 5.72. The van der Waals surface area contributed by atoms with Crippen LogP contribution in [0.15, 0.2) is 16.6 Å². The Morgan fingerprint density at radius 2 is 1.94 bits per heavy atom. The van der Waals surface area contributed by atoms with Gasteiger partial charge in [-0.25, -0.2) is 0 Å². The second-order valence-electron chi connectivity index (χ2n) is 4.42. The van der Waals surface area contributed by atoms with Gasteiger partial charge in [0.1, 0.15) is 5.82 Å². The Hall–Kier alpha value is -0.940. The van der Waals surface area contributed by atoms with Crippen LogP contribution in [0.4, 0.5) is 0 Å². The fourth-order valence-corrected chi connectivity index (χ4v) is 3.14. The highest BCUT2D eigenvalue weighted by Gasteiger charge is 2.12. The van der Waals surface area contributed by atoms with E-state index in [1.807, 2.05) is 0 Å². The molecule has 0 amide bonds. The van der Waals surface area contributed by atoms with E-state index in [0.717, 1.165) is 28.8 Å². The lowest BCUT2D eigenvalue weighted by Crippen LogP contribution is -2.05. The third-order valence-corrected chi connectivity index (χ3v) is 3.63. The predicted octanol–water partition coefficient (Wildman–Crippen LogP) is 4.26.